The molecule has 4 heterocycles. The molecule has 3 aromatic rings. The third-order valence-electron chi connectivity index (χ3n) is 6.45. The zero-order valence-electron chi connectivity index (χ0n) is 17.3. The average Bonchev–Trinajstić information content (AvgIpc) is 3.32. The maximum atomic E-state index is 15.8. The fourth-order valence-corrected chi connectivity index (χ4v) is 5.09. The molecule has 170 valence electrons. The van der Waals surface area contributed by atoms with Crippen LogP contribution in [0.25, 0.3) is 0 Å². The Morgan fingerprint density at radius 2 is 1.82 bits per heavy atom. The Kier molecular flexibility index (Phi) is 4.27. The molecule has 0 radical (unpaired) electrons. The van der Waals surface area contributed by atoms with E-state index in [1.165, 1.54) is 12.3 Å². The van der Waals surface area contributed by atoms with Gasteiger partial charge in [0.05, 0.1) is 23.2 Å². The second-order valence-corrected chi connectivity index (χ2v) is 8.33. The van der Waals surface area contributed by atoms with Gasteiger partial charge in [-0.05, 0) is 23.8 Å². The van der Waals surface area contributed by atoms with Gasteiger partial charge < -0.3 is 19.1 Å². The number of anilines is 1. The van der Waals surface area contributed by atoms with Gasteiger partial charge in [-0.2, -0.15) is 13.2 Å². The van der Waals surface area contributed by atoms with Crippen molar-refractivity contribution >= 4 is 5.69 Å². The van der Waals surface area contributed by atoms with Gasteiger partial charge in [0.25, 0.3) is 0 Å². The smallest absolute Gasteiger partial charge is 0.418 e. The number of rotatable bonds is 2. The number of hydrogen-bond acceptors (Lipinski definition) is 5. The van der Waals surface area contributed by atoms with E-state index in [2.05, 4.69) is 4.98 Å². The van der Waals surface area contributed by atoms with Crippen LogP contribution in [0.4, 0.5) is 23.2 Å². The van der Waals surface area contributed by atoms with Gasteiger partial charge in [-0.25, -0.2) is 4.39 Å². The molecule has 1 atom stereocenters. The summed E-state index contributed by atoms with van der Waals surface area (Å²) in [6, 6.07) is 11.3. The zero-order valence-corrected chi connectivity index (χ0v) is 17.3. The predicted molar refractivity (Wildman–Crippen MR) is 110 cm³/mol. The van der Waals surface area contributed by atoms with Gasteiger partial charge in [0, 0.05) is 30.1 Å². The first-order valence-electron chi connectivity index (χ1n) is 10.5. The van der Waals surface area contributed by atoms with Crippen LogP contribution in [0.5, 0.6) is 17.2 Å². The van der Waals surface area contributed by atoms with Gasteiger partial charge in [-0.1, -0.05) is 18.2 Å². The first-order valence-corrected chi connectivity index (χ1v) is 10.5. The number of para-hydroxylation sites is 1. The summed E-state index contributed by atoms with van der Waals surface area (Å²) in [7, 11) is 0. The quantitative estimate of drug-likeness (QED) is 0.521. The van der Waals surface area contributed by atoms with Crippen LogP contribution in [0.2, 0.25) is 0 Å². The van der Waals surface area contributed by atoms with E-state index in [9.17, 15) is 13.2 Å². The lowest BCUT2D eigenvalue weighted by Gasteiger charge is -2.27. The number of hydrogen-bond donors (Lipinski definition) is 0. The number of ether oxygens (including phenoxy) is 3. The van der Waals surface area contributed by atoms with E-state index in [-0.39, 0.29) is 37.7 Å². The van der Waals surface area contributed by atoms with Crippen molar-refractivity contribution in [2.24, 2.45) is 0 Å². The maximum absolute atomic E-state index is 15.8. The molecule has 0 saturated heterocycles. The number of halogens is 4. The van der Waals surface area contributed by atoms with Crippen molar-refractivity contribution in [2.45, 2.75) is 18.1 Å². The number of pyridine rings is 1. The Labute approximate surface area is 186 Å². The second-order valence-electron chi connectivity index (χ2n) is 8.33. The van der Waals surface area contributed by atoms with E-state index < -0.39 is 23.0 Å². The van der Waals surface area contributed by atoms with Crippen molar-refractivity contribution in [1.29, 1.82) is 0 Å². The van der Waals surface area contributed by atoms with E-state index in [1.54, 1.807) is 6.07 Å². The topological polar surface area (TPSA) is 43.8 Å². The number of fused-ring (bicyclic) bond motifs is 5. The monoisotopic (exact) mass is 458 g/mol. The highest BCUT2D eigenvalue weighted by Gasteiger charge is 2.53. The maximum Gasteiger partial charge on any atom is 0.418 e. The Balaban J connectivity index is 1.46. The van der Waals surface area contributed by atoms with Crippen LogP contribution >= 0.6 is 0 Å². The minimum absolute atomic E-state index is 0.0462. The molecule has 3 aliphatic rings. The van der Waals surface area contributed by atoms with E-state index >= 15 is 4.39 Å². The van der Waals surface area contributed by atoms with E-state index in [4.69, 9.17) is 14.2 Å². The number of aromatic nitrogens is 1. The molecule has 9 heteroatoms. The molecule has 1 aromatic heterocycles. The van der Waals surface area contributed by atoms with Gasteiger partial charge in [-0.15, -0.1) is 0 Å². The summed E-state index contributed by atoms with van der Waals surface area (Å²) in [5.74, 6) is 0.151. The van der Waals surface area contributed by atoms with E-state index in [1.807, 2.05) is 29.2 Å². The Hall–Kier alpha value is -3.49. The molecule has 5 nitrogen and oxygen atoms in total. The van der Waals surface area contributed by atoms with Crippen molar-refractivity contribution in [1.82, 2.24) is 4.98 Å². The molecular formula is C24H18F4N2O3. The molecule has 0 bridgehead atoms. The van der Waals surface area contributed by atoms with Crippen LogP contribution in [-0.4, -0.2) is 31.3 Å². The molecule has 1 spiro atoms. The summed E-state index contributed by atoms with van der Waals surface area (Å²) in [5, 5.41) is 0. The molecule has 33 heavy (non-hydrogen) atoms. The van der Waals surface area contributed by atoms with Crippen LogP contribution < -0.4 is 19.1 Å². The largest absolute Gasteiger partial charge is 0.492 e. The fraction of sp³-hybridized carbons (Fsp3) is 0.292. The van der Waals surface area contributed by atoms with Crippen LogP contribution in [0, 0.1) is 5.82 Å². The summed E-state index contributed by atoms with van der Waals surface area (Å²) in [6.07, 6.45) is -3.17. The lowest BCUT2D eigenvalue weighted by Crippen LogP contribution is -2.37. The van der Waals surface area contributed by atoms with Crippen molar-refractivity contribution in [3.8, 4) is 17.2 Å². The summed E-state index contributed by atoms with van der Waals surface area (Å²) in [4.78, 5) is 5.82. The molecular weight excluding hydrogens is 440 g/mol. The standard InChI is InChI=1S/C24H18F4N2O3/c25-21-20-18(10-19-22(21)32-9-8-31-19)33-13-23(20)12-30(17-6-2-1-4-15(17)23)11-16-14(24(26,27)28)5-3-7-29-16/h1-7,10H,8-9,11-13H2. The summed E-state index contributed by atoms with van der Waals surface area (Å²) < 4.78 is 73.4. The van der Waals surface area contributed by atoms with Crippen LogP contribution in [-0.2, 0) is 18.1 Å². The molecule has 0 N–H and O–H groups in total. The third-order valence-corrected chi connectivity index (χ3v) is 6.45. The summed E-state index contributed by atoms with van der Waals surface area (Å²) >= 11 is 0. The highest BCUT2D eigenvalue weighted by molar-refractivity contribution is 5.71. The molecule has 3 aliphatic heterocycles. The van der Waals surface area contributed by atoms with Gasteiger partial charge in [-0.3, -0.25) is 4.98 Å². The van der Waals surface area contributed by atoms with E-state index in [0.29, 0.717) is 23.7 Å². The first kappa shape index (κ1) is 20.1. The normalized spacial score (nSPS) is 20.5. The fourth-order valence-electron chi connectivity index (χ4n) is 5.09. The van der Waals surface area contributed by atoms with Crippen molar-refractivity contribution < 1.29 is 31.8 Å². The van der Waals surface area contributed by atoms with Crippen LogP contribution in [0.1, 0.15) is 22.4 Å². The van der Waals surface area contributed by atoms with E-state index in [0.717, 1.165) is 17.3 Å². The van der Waals surface area contributed by atoms with Gasteiger partial charge >= 0.3 is 6.18 Å². The summed E-state index contributed by atoms with van der Waals surface area (Å²) in [6.45, 7) is 0.876. The SMILES string of the molecule is Fc1c2c(cc3c1C1(CO3)CN(Cc3ncccc3C(F)(F)F)c3ccccc31)OCCO2. The van der Waals surface area contributed by atoms with Gasteiger partial charge in [0.15, 0.2) is 17.3 Å². The number of alkyl halides is 3. The Morgan fingerprint density at radius 1 is 1.00 bits per heavy atom. The third kappa shape index (κ3) is 2.94. The van der Waals surface area contributed by atoms with Crippen LogP contribution in [0.15, 0.2) is 48.7 Å². The minimum Gasteiger partial charge on any atom is -0.492 e. The molecule has 0 aliphatic carbocycles. The van der Waals surface area contributed by atoms with Gasteiger partial charge in [0.1, 0.15) is 25.6 Å². The first-order chi connectivity index (χ1) is 15.9. The summed E-state index contributed by atoms with van der Waals surface area (Å²) in [5.41, 5.74) is 0.111. The molecule has 0 amide bonds. The van der Waals surface area contributed by atoms with Crippen LogP contribution in [0.3, 0.4) is 0 Å². The molecule has 0 fully saturated rings. The Morgan fingerprint density at radius 3 is 2.67 bits per heavy atom. The number of benzene rings is 2. The molecule has 0 saturated carbocycles. The zero-order chi connectivity index (χ0) is 22.8. The molecule has 6 rings (SSSR count). The average molecular weight is 458 g/mol. The second kappa shape index (κ2) is 7.00. The highest BCUT2D eigenvalue weighted by Crippen LogP contribution is 2.55. The lowest BCUT2D eigenvalue weighted by atomic mass is 9.77. The lowest BCUT2D eigenvalue weighted by molar-refractivity contribution is -0.138. The molecule has 1 unspecified atom stereocenters. The van der Waals surface area contributed by atoms with Crippen molar-refractivity contribution in [2.75, 3.05) is 31.3 Å². The predicted octanol–water partition coefficient (Wildman–Crippen LogP) is 4.71. The highest BCUT2D eigenvalue weighted by atomic mass is 19.4. The van der Waals surface area contributed by atoms with Gasteiger partial charge in [0.2, 0.25) is 0 Å². The van der Waals surface area contributed by atoms with Crippen molar-refractivity contribution in [3.63, 3.8) is 0 Å². The number of nitrogens with zero attached hydrogens (tertiary/aromatic N) is 2. The minimum atomic E-state index is -4.52. The Bertz CT molecular complexity index is 1260. The molecule has 2 aromatic carbocycles. The van der Waals surface area contributed by atoms with Crippen molar-refractivity contribution in [3.05, 3.63) is 76.9 Å².